The molecule has 0 radical (unpaired) electrons. The molecular weight excluding hydrogens is 767 g/mol. The van der Waals surface area contributed by atoms with Crippen molar-refractivity contribution in [1.29, 1.82) is 0 Å². The van der Waals surface area contributed by atoms with Gasteiger partial charge in [-0.2, -0.15) is 0 Å². The molecule has 52 heavy (non-hydrogen) atoms. The molecule has 17 heteroatoms. The van der Waals surface area contributed by atoms with E-state index in [1.807, 2.05) is 52.0 Å². The predicted molar refractivity (Wildman–Crippen MR) is 213 cm³/mol. The summed E-state index contributed by atoms with van der Waals surface area (Å²) in [5.41, 5.74) is 8.04. The number of ether oxygens (including phenoxy) is 1. The molecule has 0 unspecified atom stereocenters. The number of aromatic amines is 2. The number of aromatic nitrogens is 6. The Morgan fingerprint density at radius 2 is 1.27 bits per heavy atom. The quantitative estimate of drug-likeness (QED) is 0.115. The zero-order chi connectivity index (χ0) is 37.2. The number of fused-ring (bicyclic) bond motifs is 2. The molecule has 0 aromatic carbocycles. The first-order chi connectivity index (χ1) is 24.0. The standard InChI is InChI=1S/C20H23ClN4O3S.C15H15ClN4OS.ClH/c1-10(2)15(24-19(27)28-20(3,4)5)17-23-12-9-13(29-16(12)18(26)25-17)11-6-7-22-14(21)8-11;1-7(2)12(17)14-19-9-6-10(22-13(9)15(21)20-14)8-3-4-18-11(16)5-8;/h6-10,15H,1-5H3,(H,24,27)(H,23,25,26);3-7,12H,17H2,1-2H3,(H,19,20,21);1H/t15-;12-;/m00./s1. The van der Waals surface area contributed by atoms with E-state index < -0.39 is 17.7 Å². The lowest BCUT2D eigenvalue weighted by Gasteiger charge is -2.25. The molecule has 0 saturated carbocycles. The third-order valence-corrected chi connectivity index (χ3v) is 10.2. The fourth-order valence-electron chi connectivity index (χ4n) is 4.92. The van der Waals surface area contributed by atoms with Gasteiger partial charge in [0.1, 0.15) is 37.0 Å². The van der Waals surface area contributed by atoms with Crippen LogP contribution in [0, 0.1) is 11.8 Å². The van der Waals surface area contributed by atoms with Gasteiger partial charge in [0.05, 0.1) is 23.1 Å². The summed E-state index contributed by atoms with van der Waals surface area (Å²) in [6, 6.07) is 10.1. The molecule has 0 bridgehead atoms. The zero-order valence-corrected chi connectivity index (χ0v) is 33.4. The molecule has 0 spiro atoms. The molecule has 6 heterocycles. The Kier molecular flexibility index (Phi) is 13.2. The number of rotatable bonds is 7. The van der Waals surface area contributed by atoms with Crippen LogP contribution in [0.25, 0.3) is 41.3 Å². The van der Waals surface area contributed by atoms with Crippen molar-refractivity contribution in [2.75, 3.05) is 0 Å². The fraction of sp³-hybridized carbons (Fsp3) is 0.343. The first-order valence-corrected chi connectivity index (χ1v) is 18.4. The minimum atomic E-state index is -0.621. The van der Waals surface area contributed by atoms with Crippen LogP contribution in [-0.4, -0.2) is 41.6 Å². The van der Waals surface area contributed by atoms with Crippen molar-refractivity contribution in [3.8, 4) is 20.9 Å². The van der Waals surface area contributed by atoms with Crippen LogP contribution in [0.5, 0.6) is 0 Å². The van der Waals surface area contributed by atoms with E-state index in [-0.39, 0.29) is 41.4 Å². The highest BCUT2D eigenvalue weighted by molar-refractivity contribution is 7.22. The molecule has 6 aromatic heterocycles. The fourth-order valence-corrected chi connectivity index (χ4v) is 7.24. The average Bonchev–Trinajstić information content (AvgIpc) is 3.68. The molecular formula is C35H39Cl3N8O4S2. The Balaban J connectivity index is 0.000000236. The SMILES string of the molecule is CC(C)[C@H](N)c1nc2cc(-c3ccnc(Cl)c3)sc2c(=O)[nH]1.CC(C)[C@H](NC(=O)OC(C)(C)C)c1nc2cc(-c3ccnc(Cl)c3)sc2c(=O)[nH]1.Cl. The van der Waals surface area contributed by atoms with Gasteiger partial charge in [-0.3, -0.25) is 9.59 Å². The minimum absolute atomic E-state index is 0. The van der Waals surface area contributed by atoms with E-state index in [2.05, 4.69) is 35.2 Å². The van der Waals surface area contributed by atoms with Crippen molar-refractivity contribution in [1.82, 2.24) is 35.2 Å². The molecule has 0 saturated heterocycles. The van der Waals surface area contributed by atoms with E-state index in [9.17, 15) is 14.4 Å². The highest BCUT2D eigenvalue weighted by Gasteiger charge is 2.25. The summed E-state index contributed by atoms with van der Waals surface area (Å²) in [6.07, 6.45) is 2.70. The molecule has 0 aliphatic heterocycles. The van der Waals surface area contributed by atoms with Crippen LogP contribution in [0.1, 0.15) is 72.2 Å². The van der Waals surface area contributed by atoms with Crippen LogP contribution in [-0.2, 0) is 4.74 Å². The molecule has 1 amide bonds. The summed E-state index contributed by atoms with van der Waals surface area (Å²) in [5, 5.41) is 3.61. The van der Waals surface area contributed by atoms with Gasteiger partial charge >= 0.3 is 6.09 Å². The van der Waals surface area contributed by atoms with Crippen LogP contribution in [0.4, 0.5) is 4.79 Å². The van der Waals surface area contributed by atoms with E-state index in [1.54, 1.807) is 45.3 Å². The predicted octanol–water partition coefficient (Wildman–Crippen LogP) is 8.70. The van der Waals surface area contributed by atoms with E-state index in [4.69, 9.17) is 33.7 Å². The van der Waals surface area contributed by atoms with Crippen molar-refractivity contribution in [2.45, 2.75) is 66.2 Å². The van der Waals surface area contributed by atoms with Gasteiger partial charge < -0.3 is 25.8 Å². The van der Waals surface area contributed by atoms with Gasteiger partial charge in [0, 0.05) is 22.1 Å². The van der Waals surface area contributed by atoms with Crippen molar-refractivity contribution < 1.29 is 9.53 Å². The van der Waals surface area contributed by atoms with Crippen LogP contribution in [0.15, 0.2) is 58.4 Å². The van der Waals surface area contributed by atoms with Gasteiger partial charge in [-0.25, -0.2) is 24.7 Å². The number of halogens is 3. The molecule has 0 aliphatic rings. The Bertz CT molecular complexity index is 2310. The number of carbonyl (C=O) groups excluding carboxylic acids is 1. The highest BCUT2D eigenvalue weighted by Crippen LogP contribution is 2.33. The number of alkyl carbamates (subject to hydrolysis) is 1. The second kappa shape index (κ2) is 16.8. The van der Waals surface area contributed by atoms with Crippen LogP contribution in [0.3, 0.4) is 0 Å². The summed E-state index contributed by atoms with van der Waals surface area (Å²) < 4.78 is 6.44. The van der Waals surface area contributed by atoms with Gasteiger partial charge in [0.2, 0.25) is 0 Å². The number of carbonyl (C=O) groups is 1. The maximum Gasteiger partial charge on any atom is 0.408 e. The number of H-pyrrole nitrogens is 2. The first-order valence-electron chi connectivity index (χ1n) is 16.1. The molecule has 12 nitrogen and oxygen atoms in total. The first kappa shape index (κ1) is 40.8. The van der Waals surface area contributed by atoms with Crippen molar-refractivity contribution in [3.63, 3.8) is 0 Å². The molecule has 6 aromatic rings. The van der Waals surface area contributed by atoms with Gasteiger partial charge in [-0.05, 0) is 80.1 Å². The number of nitrogens with one attached hydrogen (secondary N) is 3. The Morgan fingerprint density at radius 3 is 1.69 bits per heavy atom. The van der Waals surface area contributed by atoms with E-state index in [0.29, 0.717) is 42.4 Å². The molecule has 6 rings (SSSR count). The maximum atomic E-state index is 12.7. The molecule has 276 valence electrons. The number of hydrogen-bond donors (Lipinski definition) is 4. The lowest BCUT2D eigenvalue weighted by molar-refractivity contribution is 0.0486. The largest absolute Gasteiger partial charge is 0.444 e. The molecule has 0 fully saturated rings. The smallest absolute Gasteiger partial charge is 0.408 e. The highest BCUT2D eigenvalue weighted by atomic mass is 35.5. The Hall–Kier alpha value is -3.92. The van der Waals surface area contributed by atoms with Gasteiger partial charge in [-0.15, -0.1) is 35.1 Å². The zero-order valence-electron chi connectivity index (χ0n) is 29.4. The monoisotopic (exact) mass is 804 g/mol. The topological polar surface area (TPSA) is 182 Å². The van der Waals surface area contributed by atoms with Gasteiger partial charge in [-0.1, -0.05) is 50.9 Å². The third-order valence-electron chi connectivity index (χ3n) is 7.49. The Labute approximate surface area is 324 Å². The molecule has 0 aliphatic carbocycles. The second-order valence-electron chi connectivity index (χ2n) is 13.4. The van der Waals surface area contributed by atoms with E-state index >= 15 is 0 Å². The summed E-state index contributed by atoms with van der Waals surface area (Å²) >= 11 is 14.6. The summed E-state index contributed by atoms with van der Waals surface area (Å²) in [5.74, 6) is 1.09. The van der Waals surface area contributed by atoms with Gasteiger partial charge in [0.15, 0.2) is 0 Å². The normalized spacial score (nSPS) is 12.7. The molecule has 2 atom stereocenters. The lowest BCUT2D eigenvalue weighted by atomic mass is 10.0. The average molecular weight is 806 g/mol. The number of nitrogens with zero attached hydrogens (tertiary/aromatic N) is 4. The maximum absolute atomic E-state index is 12.7. The van der Waals surface area contributed by atoms with Crippen LogP contribution < -0.4 is 22.2 Å². The summed E-state index contributed by atoms with van der Waals surface area (Å²) in [7, 11) is 0. The minimum Gasteiger partial charge on any atom is -0.444 e. The van der Waals surface area contributed by atoms with E-state index in [1.165, 1.54) is 22.7 Å². The van der Waals surface area contributed by atoms with Crippen molar-refractivity contribution in [3.05, 3.63) is 91.5 Å². The second-order valence-corrected chi connectivity index (χ2v) is 16.3. The van der Waals surface area contributed by atoms with E-state index in [0.717, 1.165) is 20.9 Å². The summed E-state index contributed by atoms with van der Waals surface area (Å²) in [4.78, 5) is 61.6. The van der Waals surface area contributed by atoms with Crippen LogP contribution in [0.2, 0.25) is 10.3 Å². The number of hydrogen-bond acceptors (Lipinski definition) is 11. The van der Waals surface area contributed by atoms with Crippen molar-refractivity contribution in [2.24, 2.45) is 17.6 Å². The number of pyridine rings is 2. The van der Waals surface area contributed by atoms with Crippen LogP contribution >= 0.6 is 58.3 Å². The van der Waals surface area contributed by atoms with Gasteiger partial charge in [0.25, 0.3) is 11.1 Å². The Morgan fingerprint density at radius 1 is 0.808 bits per heavy atom. The number of amides is 1. The number of nitrogens with two attached hydrogens (primary N) is 1. The molecule has 5 N–H and O–H groups in total. The van der Waals surface area contributed by atoms with Crippen molar-refractivity contribution >= 4 is 84.8 Å². The third kappa shape index (κ3) is 9.94. The lowest BCUT2D eigenvalue weighted by Crippen LogP contribution is -2.38. The number of thiophene rings is 2. The summed E-state index contributed by atoms with van der Waals surface area (Å²) in [6.45, 7) is 13.2.